The summed E-state index contributed by atoms with van der Waals surface area (Å²) < 4.78 is 5.40. The molecule has 1 aliphatic heterocycles. The van der Waals surface area contributed by atoms with Gasteiger partial charge < -0.3 is 9.64 Å². The number of hydrogen-bond acceptors (Lipinski definition) is 3. The largest absolute Gasteiger partial charge is 0.426 e. The molecule has 3 aromatic carbocycles. The number of carbonyl (C=O) groups excluding carboxylic acids is 2. The van der Waals surface area contributed by atoms with E-state index in [-0.39, 0.29) is 18.3 Å². The lowest BCUT2D eigenvalue weighted by Gasteiger charge is -2.18. The fourth-order valence-electron chi connectivity index (χ4n) is 3.23. The highest BCUT2D eigenvalue weighted by Gasteiger charge is 2.36. The topological polar surface area (TPSA) is 46.6 Å². The molecular formula is C21H17NO3. The Balaban J connectivity index is 1.57. The molecule has 0 aliphatic carbocycles. The van der Waals surface area contributed by atoms with Crippen LogP contribution >= 0.6 is 0 Å². The first-order chi connectivity index (χ1) is 12.2. The second kappa shape index (κ2) is 6.40. The third-order valence-corrected chi connectivity index (χ3v) is 4.48. The number of hydrogen-bond donors (Lipinski definition) is 0. The number of rotatable bonds is 3. The van der Waals surface area contributed by atoms with Crippen LogP contribution in [0.2, 0.25) is 0 Å². The average molecular weight is 331 g/mol. The Labute approximate surface area is 145 Å². The van der Waals surface area contributed by atoms with Crippen molar-refractivity contribution in [1.29, 1.82) is 0 Å². The van der Waals surface area contributed by atoms with Gasteiger partial charge in [-0.05, 0) is 23.6 Å². The fraction of sp³-hybridized carbons (Fsp3) is 0.143. The van der Waals surface area contributed by atoms with E-state index < -0.39 is 5.92 Å². The van der Waals surface area contributed by atoms with E-state index in [1.165, 1.54) is 0 Å². The highest BCUT2D eigenvalue weighted by molar-refractivity contribution is 6.06. The van der Waals surface area contributed by atoms with Crippen molar-refractivity contribution in [3.8, 4) is 5.75 Å². The number of nitrogens with zero attached hydrogens (tertiary/aromatic N) is 1. The number of anilines is 1. The predicted octanol–water partition coefficient (Wildman–Crippen LogP) is 3.80. The van der Waals surface area contributed by atoms with Gasteiger partial charge in [-0.3, -0.25) is 9.59 Å². The molecule has 4 nitrogen and oxygen atoms in total. The van der Waals surface area contributed by atoms with Crippen LogP contribution in [0.25, 0.3) is 10.8 Å². The zero-order chi connectivity index (χ0) is 17.2. The quantitative estimate of drug-likeness (QED) is 0.542. The number of benzene rings is 3. The van der Waals surface area contributed by atoms with Gasteiger partial charge in [0.1, 0.15) is 5.75 Å². The highest BCUT2D eigenvalue weighted by Crippen LogP contribution is 2.32. The zero-order valence-corrected chi connectivity index (χ0v) is 13.6. The first-order valence-electron chi connectivity index (χ1n) is 8.27. The van der Waals surface area contributed by atoms with Gasteiger partial charge in [0.15, 0.2) is 0 Å². The van der Waals surface area contributed by atoms with E-state index in [0.29, 0.717) is 12.3 Å². The molecule has 1 atom stereocenters. The summed E-state index contributed by atoms with van der Waals surface area (Å²) >= 11 is 0. The number of amides is 1. The number of para-hydroxylation sites is 1. The Morgan fingerprint density at radius 3 is 2.48 bits per heavy atom. The number of esters is 1. The lowest BCUT2D eigenvalue weighted by atomic mass is 10.1. The lowest BCUT2D eigenvalue weighted by Crippen LogP contribution is -2.27. The van der Waals surface area contributed by atoms with Crippen molar-refractivity contribution in [2.75, 3.05) is 11.4 Å². The van der Waals surface area contributed by atoms with Crippen LogP contribution in [0, 0.1) is 5.92 Å². The first kappa shape index (κ1) is 15.4. The maximum absolute atomic E-state index is 12.5. The molecule has 0 bridgehead atoms. The van der Waals surface area contributed by atoms with Gasteiger partial charge in [-0.2, -0.15) is 0 Å². The standard InChI is InChI=1S/C21H17NO3/c23-20-13-16(21(24)25-17-9-2-1-3-10-17)14-22(20)19-12-6-8-15-7-4-5-11-18(15)19/h1-12,16H,13-14H2. The van der Waals surface area contributed by atoms with E-state index in [4.69, 9.17) is 4.74 Å². The number of fused-ring (bicyclic) bond motifs is 1. The van der Waals surface area contributed by atoms with Gasteiger partial charge >= 0.3 is 5.97 Å². The third-order valence-electron chi connectivity index (χ3n) is 4.48. The van der Waals surface area contributed by atoms with E-state index in [0.717, 1.165) is 16.5 Å². The molecule has 1 unspecified atom stereocenters. The Hall–Kier alpha value is -3.14. The monoisotopic (exact) mass is 331 g/mol. The maximum Gasteiger partial charge on any atom is 0.316 e. The predicted molar refractivity (Wildman–Crippen MR) is 96.5 cm³/mol. The van der Waals surface area contributed by atoms with Crippen LogP contribution in [0.15, 0.2) is 72.8 Å². The maximum atomic E-state index is 12.5. The normalized spacial score (nSPS) is 17.0. The van der Waals surface area contributed by atoms with Crippen molar-refractivity contribution < 1.29 is 14.3 Å². The zero-order valence-electron chi connectivity index (χ0n) is 13.6. The van der Waals surface area contributed by atoms with Gasteiger partial charge in [-0.15, -0.1) is 0 Å². The van der Waals surface area contributed by atoms with E-state index in [1.807, 2.05) is 60.7 Å². The van der Waals surface area contributed by atoms with Crippen LogP contribution < -0.4 is 9.64 Å². The van der Waals surface area contributed by atoms with Crippen molar-refractivity contribution in [2.45, 2.75) is 6.42 Å². The van der Waals surface area contributed by atoms with Crippen molar-refractivity contribution in [2.24, 2.45) is 5.92 Å². The molecule has 25 heavy (non-hydrogen) atoms. The molecule has 0 aromatic heterocycles. The summed E-state index contributed by atoms with van der Waals surface area (Å²) in [5.41, 5.74) is 0.845. The van der Waals surface area contributed by atoms with Crippen LogP contribution in [0.5, 0.6) is 5.75 Å². The van der Waals surface area contributed by atoms with Crippen molar-refractivity contribution in [1.82, 2.24) is 0 Å². The number of ether oxygens (including phenoxy) is 1. The highest BCUT2D eigenvalue weighted by atomic mass is 16.5. The molecule has 1 aliphatic rings. The summed E-state index contributed by atoms with van der Waals surface area (Å²) in [6.45, 7) is 0.346. The Kier molecular flexibility index (Phi) is 3.94. The summed E-state index contributed by atoms with van der Waals surface area (Å²) in [4.78, 5) is 26.6. The lowest BCUT2D eigenvalue weighted by molar-refractivity contribution is -0.139. The first-order valence-corrected chi connectivity index (χ1v) is 8.27. The van der Waals surface area contributed by atoms with E-state index >= 15 is 0 Å². The molecule has 4 rings (SSSR count). The molecule has 0 N–H and O–H groups in total. The molecule has 0 spiro atoms. The summed E-state index contributed by atoms with van der Waals surface area (Å²) in [7, 11) is 0. The molecule has 1 amide bonds. The van der Waals surface area contributed by atoms with Crippen molar-refractivity contribution in [3.05, 3.63) is 72.8 Å². The van der Waals surface area contributed by atoms with Crippen LogP contribution in [-0.4, -0.2) is 18.4 Å². The molecule has 3 aromatic rings. The van der Waals surface area contributed by atoms with Crippen LogP contribution in [0.4, 0.5) is 5.69 Å². The second-order valence-electron chi connectivity index (χ2n) is 6.14. The van der Waals surface area contributed by atoms with E-state index in [9.17, 15) is 9.59 Å². The van der Waals surface area contributed by atoms with Gasteiger partial charge in [0.25, 0.3) is 0 Å². The van der Waals surface area contributed by atoms with Crippen LogP contribution in [-0.2, 0) is 9.59 Å². The fourth-order valence-corrected chi connectivity index (χ4v) is 3.23. The molecule has 4 heteroatoms. The molecular weight excluding hydrogens is 314 g/mol. The molecule has 1 fully saturated rings. The van der Waals surface area contributed by atoms with E-state index in [1.54, 1.807) is 17.0 Å². The van der Waals surface area contributed by atoms with Gasteiger partial charge in [0, 0.05) is 18.4 Å². The third kappa shape index (κ3) is 2.98. The molecule has 124 valence electrons. The minimum Gasteiger partial charge on any atom is -0.426 e. The minimum atomic E-state index is -0.452. The van der Waals surface area contributed by atoms with Gasteiger partial charge in [-0.1, -0.05) is 54.6 Å². The smallest absolute Gasteiger partial charge is 0.316 e. The summed E-state index contributed by atoms with van der Waals surface area (Å²) in [5.74, 6) is -0.358. The molecule has 1 saturated heterocycles. The number of carbonyl (C=O) groups is 2. The van der Waals surface area contributed by atoms with Crippen LogP contribution in [0.3, 0.4) is 0 Å². The molecule has 0 radical (unpaired) electrons. The van der Waals surface area contributed by atoms with Gasteiger partial charge in [0.05, 0.1) is 11.6 Å². The SMILES string of the molecule is O=C(Oc1ccccc1)C1CC(=O)N(c2cccc3ccccc23)C1. The summed E-state index contributed by atoms with van der Waals surface area (Å²) in [5, 5.41) is 2.08. The van der Waals surface area contributed by atoms with E-state index in [2.05, 4.69) is 0 Å². The van der Waals surface area contributed by atoms with Crippen LogP contribution in [0.1, 0.15) is 6.42 Å². The molecule has 0 saturated carbocycles. The Bertz CT molecular complexity index is 931. The summed E-state index contributed by atoms with van der Waals surface area (Å²) in [6, 6.07) is 22.7. The second-order valence-corrected chi connectivity index (χ2v) is 6.14. The Morgan fingerprint density at radius 2 is 1.64 bits per heavy atom. The van der Waals surface area contributed by atoms with Crippen molar-refractivity contribution in [3.63, 3.8) is 0 Å². The minimum absolute atomic E-state index is 0.0497. The molecule has 1 heterocycles. The average Bonchev–Trinajstić information content (AvgIpc) is 3.04. The van der Waals surface area contributed by atoms with Crippen molar-refractivity contribution >= 4 is 28.3 Å². The van der Waals surface area contributed by atoms with Gasteiger partial charge in [0.2, 0.25) is 5.91 Å². The Morgan fingerprint density at radius 1 is 0.920 bits per heavy atom. The van der Waals surface area contributed by atoms with Gasteiger partial charge in [-0.25, -0.2) is 0 Å². The summed E-state index contributed by atoms with van der Waals surface area (Å²) in [6.07, 6.45) is 0.175.